The fourth-order valence-electron chi connectivity index (χ4n) is 1.55. The van der Waals surface area contributed by atoms with Crippen molar-refractivity contribution in [1.82, 2.24) is 0 Å². The molecule has 0 aliphatic rings. The van der Waals surface area contributed by atoms with E-state index in [1.807, 2.05) is 0 Å². The van der Waals surface area contributed by atoms with Gasteiger partial charge in [-0.05, 0) is 13.3 Å². The summed E-state index contributed by atoms with van der Waals surface area (Å²) in [6, 6.07) is 0. The molecule has 0 radical (unpaired) electrons. The first-order valence-corrected chi connectivity index (χ1v) is 6.03. The van der Waals surface area contributed by atoms with Crippen LogP contribution < -0.4 is 0 Å². The molecule has 14 heavy (non-hydrogen) atoms. The molecule has 1 atom stereocenters. The first-order valence-electron chi connectivity index (χ1n) is 6.03. The fraction of sp³-hybridized carbons (Fsp3) is 1.00. The molecule has 1 N–H and O–H groups in total. The van der Waals surface area contributed by atoms with Crippen molar-refractivity contribution < 1.29 is 9.84 Å². The lowest BCUT2D eigenvalue weighted by Crippen LogP contribution is -2.11. The Kier molecular flexibility index (Phi) is 10.9. The Morgan fingerprint density at radius 2 is 1.71 bits per heavy atom. The molecule has 0 amide bonds. The highest BCUT2D eigenvalue weighted by Gasteiger charge is 2.00. The molecular formula is C12H26O2. The average molecular weight is 202 g/mol. The quantitative estimate of drug-likeness (QED) is 0.551. The van der Waals surface area contributed by atoms with Crippen molar-refractivity contribution >= 4 is 0 Å². The molecule has 0 spiro atoms. The van der Waals surface area contributed by atoms with Crippen LogP contribution in [0.25, 0.3) is 0 Å². The lowest BCUT2D eigenvalue weighted by atomic mass is 10.1. The van der Waals surface area contributed by atoms with Crippen LogP contribution in [0.2, 0.25) is 0 Å². The lowest BCUT2D eigenvalue weighted by Gasteiger charge is -2.11. The molecule has 0 saturated carbocycles. The minimum absolute atomic E-state index is 0.140. The van der Waals surface area contributed by atoms with Gasteiger partial charge in [0.2, 0.25) is 0 Å². The summed E-state index contributed by atoms with van der Waals surface area (Å²) >= 11 is 0. The van der Waals surface area contributed by atoms with Crippen LogP contribution in [0.15, 0.2) is 0 Å². The number of rotatable bonds is 10. The second-order valence-electron chi connectivity index (χ2n) is 3.96. The van der Waals surface area contributed by atoms with Crippen molar-refractivity contribution in [1.29, 1.82) is 0 Å². The van der Waals surface area contributed by atoms with Crippen LogP contribution in [0.3, 0.4) is 0 Å². The van der Waals surface area contributed by atoms with Gasteiger partial charge in [0.05, 0.1) is 19.3 Å². The SMILES string of the molecule is CCCCCCCCC(C)OCCO. The normalized spacial score (nSPS) is 13.1. The predicted molar refractivity (Wildman–Crippen MR) is 60.5 cm³/mol. The van der Waals surface area contributed by atoms with Gasteiger partial charge in [0.15, 0.2) is 0 Å². The second kappa shape index (κ2) is 11.0. The molecule has 0 aliphatic heterocycles. The van der Waals surface area contributed by atoms with Crippen LogP contribution in [-0.2, 0) is 4.74 Å². The zero-order chi connectivity index (χ0) is 10.6. The number of hydrogen-bond donors (Lipinski definition) is 1. The van der Waals surface area contributed by atoms with E-state index in [0.717, 1.165) is 6.42 Å². The summed E-state index contributed by atoms with van der Waals surface area (Å²) in [7, 11) is 0. The summed E-state index contributed by atoms with van der Waals surface area (Å²) in [4.78, 5) is 0. The molecule has 0 heterocycles. The highest BCUT2D eigenvalue weighted by Crippen LogP contribution is 2.09. The van der Waals surface area contributed by atoms with Gasteiger partial charge in [0.1, 0.15) is 0 Å². The molecule has 0 aromatic rings. The summed E-state index contributed by atoms with van der Waals surface area (Å²) in [5.41, 5.74) is 0. The van der Waals surface area contributed by atoms with E-state index in [1.165, 1.54) is 38.5 Å². The fourth-order valence-corrected chi connectivity index (χ4v) is 1.55. The minimum atomic E-state index is 0.140. The van der Waals surface area contributed by atoms with Crippen molar-refractivity contribution in [3.8, 4) is 0 Å². The standard InChI is InChI=1S/C12H26O2/c1-3-4-5-6-7-8-9-12(2)14-11-10-13/h12-13H,3-11H2,1-2H3. The molecule has 0 saturated heterocycles. The lowest BCUT2D eigenvalue weighted by molar-refractivity contribution is 0.0333. The first kappa shape index (κ1) is 13.9. The van der Waals surface area contributed by atoms with E-state index in [2.05, 4.69) is 13.8 Å². The first-order chi connectivity index (χ1) is 6.81. The molecule has 0 aromatic heterocycles. The molecule has 0 fully saturated rings. The largest absolute Gasteiger partial charge is 0.394 e. The zero-order valence-electron chi connectivity index (χ0n) is 9.80. The van der Waals surface area contributed by atoms with Crippen LogP contribution in [0.4, 0.5) is 0 Å². The average Bonchev–Trinajstić information content (AvgIpc) is 2.20. The maximum atomic E-state index is 8.56. The number of aliphatic hydroxyl groups excluding tert-OH is 1. The van der Waals surface area contributed by atoms with Gasteiger partial charge in [-0.1, -0.05) is 45.4 Å². The number of unbranched alkanes of at least 4 members (excludes halogenated alkanes) is 5. The highest BCUT2D eigenvalue weighted by atomic mass is 16.5. The smallest absolute Gasteiger partial charge is 0.0701 e. The van der Waals surface area contributed by atoms with Crippen LogP contribution in [0, 0.1) is 0 Å². The van der Waals surface area contributed by atoms with Gasteiger partial charge < -0.3 is 9.84 Å². The highest BCUT2D eigenvalue weighted by molar-refractivity contribution is 4.52. The second-order valence-corrected chi connectivity index (χ2v) is 3.96. The van der Waals surface area contributed by atoms with E-state index in [4.69, 9.17) is 9.84 Å². The van der Waals surface area contributed by atoms with E-state index in [1.54, 1.807) is 0 Å². The molecule has 1 unspecified atom stereocenters. The van der Waals surface area contributed by atoms with Crippen LogP contribution >= 0.6 is 0 Å². The molecule has 2 nitrogen and oxygen atoms in total. The van der Waals surface area contributed by atoms with Crippen LogP contribution in [0.5, 0.6) is 0 Å². The van der Waals surface area contributed by atoms with E-state index in [0.29, 0.717) is 12.7 Å². The van der Waals surface area contributed by atoms with Gasteiger partial charge in [-0.15, -0.1) is 0 Å². The Morgan fingerprint density at radius 3 is 2.36 bits per heavy atom. The maximum Gasteiger partial charge on any atom is 0.0701 e. The molecule has 0 bridgehead atoms. The molecule has 0 rings (SSSR count). The number of hydrogen-bond acceptors (Lipinski definition) is 2. The van der Waals surface area contributed by atoms with Crippen LogP contribution in [0.1, 0.15) is 58.8 Å². The van der Waals surface area contributed by atoms with Crippen molar-refractivity contribution in [2.45, 2.75) is 64.9 Å². The monoisotopic (exact) mass is 202 g/mol. The Morgan fingerprint density at radius 1 is 1.07 bits per heavy atom. The molecule has 2 heteroatoms. The van der Waals surface area contributed by atoms with Gasteiger partial charge in [0, 0.05) is 0 Å². The summed E-state index contributed by atoms with van der Waals surface area (Å²) in [5.74, 6) is 0. The van der Waals surface area contributed by atoms with E-state index in [-0.39, 0.29) is 6.61 Å². The van der Waals surface area contributed by atoms with E-state index < -0.39 is 0 Å². The third kappa shape index (κ3) is 10.0. The Labute approximate surface area is 88.7 Å². The third-order valence-corrected chi connectivity index (χ3v) is 2.46. The predicted octanol–water partition coefficient (Wildman–Crippen LogP) is 3.13. The van der Waals surface area contributed by atoms with Crippen molar-refractivity contribution in [3.05, 3.63) is 0 Å². The Bertz CT molecular complexity index is 104. The van der Waals surface area contributed by atoms with Crippen molar-refractivity contribution in [3.63, 3.8) is 0 Å². The summed E-state index contributed by atoms with van der Waals surface area (Å²) in [6.07, 6.45) is 9.46. The van der Waals surface area contributed by atoms with Gasteiger partial charge in [-0.2, -0.15) is 0 Å². The van der Waals surface area contributed by atoms with E-state index >= 15 is 0 Å². The third-order valence-electron chi connectivity index (χ3n) is 2.46. The zero-order valence-corrected chi connectivity index (χ0v) is 9.80. The summed E-state index contributed by atoms with van der Waals surface area (Å²) in [5, 5.41) is 8.56. The number of aliphatic hydroxyl groups is 1. The van der Waals surface area contributed by atoms with Crippen molar-refractivity contribution in [2.75, 3.05) is 13.2 Å². The summed E-state index contributed by atoms with van der Waals surface area (Å²) < 4.78 is 5.37. The van der Waals surface area contributed by atoms with Crippen molar-refractivity contribution in [2.24, 2.45) is 0 Å². The summed E-state index contributed by atoms with van der Waals surface area (Å²) in [6.45, 7) is 4.95. The van der Waals surface area contributed by atoms with Crippen LogP contribution in [-0.4, -0.2) is 24.4 Å². The van der Waals surface area contributed by atoms with Gasteiger partial charge in [-0.3, -0.25) is 0 Å². The Hall–Kier alpha value is -0.0800. The van der Waals surface area contributed by atoms with Gasteiger partial charge in [0.25, 0.3) is 0 Å². The molecular weight excluding hydrogens is 176 g/mol. The van der Waals surface area contributed by atoms with Gasteiger partial charge in [-0.25, -0.2) is 0 Å². The topological polar surface area (TPSA) is 29.5 Å². The maximum absolute atomic E-state index is 8.56. The Balaban J connectivity index is 3.02. The number of ether oxygens (including phenoxy) is 1. The van der Waals surface area contributed by atoms with E-state index in [9.17, 15) is 0 Å². The molecule has 0 aliphatic carbocycles. The minimum Gasteiger partial charge on any atom is -0.394 e. The van der Waals surface area contributed by atoms with Gasteiger partial charge >= 0.3 is 0 Å². The molecule has 0 aromatic carbocycles. The molecule has 86 valence electrons.